The first kappa shape index (κ1) is 19.0. The van der Waals surface area contributed by atoms with Crippen molar-refractivity contribution in [1.29, 1.82) is 0 Å². The summed E-state index contributed by atoms with van der Waals surface area (Å²) in [7, 11) is 0. The summed E-state index contributed by atoms with van der Waals surface area (Å²) in [5, 5.41) is -9.32. The van der Waals surface area contributed by atoms with Crippen molar-refractivity contribution in [2.45, 2.75) is 21.5 Å². The van der Waals surface area contributed by atoms with E-state index in [1.807, 2.05) is 0 Å². The Balaban J connectivity index is 0. The van der Waals surface area contributed by atoms with Crippen LogP contribution in [-0.2, 0) is 0 Å². The van der Waals surface area contributed by atoms with Crippen LogP contribution in [0.3, 0.4) is 0 Å². The van der Waals surface area contributed by atoms with Gasteiger partial charge < -0.3 is 0 Å². The van der Waals surface area contributed by atoms with E-state index in [2.05, 4.69) is 46.4 Å². The first-order valence-corrected chi connectivity index (χ1v) is 4.28. The van der Waals surface area contributed by atoms with E-state index in [0.717, 1.165) is 0 Å². The van der Waals surface area contributed by atoms with Crippen LogP contribution in [-0.4, -0.2) is 21.5 Å². The van der Waals surface area contributed by atoms with Gasteiger partial charge in [-0.25, -0.2) is 0 Å². The molecule has 0 aliphatic rings. The van der Waals surface area contributed by atoms with Gasteiger partial charge in [-0.05, 0) is 23.2 Å². The van der Waals surface area contributed by atoms with E-state index in [0.29, 0.717) is 0 Å². The van der Waals surface area contributed by atoms with Gasteiger partial charge in [0.15, 0.2) is 0 Å². The Morgan fingerprint density at radius 1 is 0.500 bits per heavy atom. The molecule has 16 heavy (non-hydrogen) atoms. The van der Waals surface area contributed by atoms with Gasteiger partial charge >= 0.3 is 21.5 Å². The predicted molar refractivity (Wildman–Crippen MR) is 43.2 cm³/mol. The lowest BCUT2D eigenvalue weighted by Gasteiger charge is -2.11. The number of hydrogen-bond acceptors (Lipinski definition) is 0. The van der Waals surface area contributed by atoms with Crippen molar-refractivity contribution in [3.8, 4) is 0 Å². The Hall–Kier alpha value is 0.600. The van der Waals surface area contributed by atoms with Crippen molar-refractivity contribution in [1.82, 2.24) is 0 Å². The molecule has 0 aromatic heterocycles. The minimum atomic E-state index is -5.20. The molecule has 0 unspecified atom stereocenters. The minimum absolute atomic E-state index is 3.79. The normalized spacial score (nSPS) is 14.2. The van der Waals surface area contributed by atoms with Crippen molar-refractivity contribution in [2.24, 2.45) is 0 Å². The number of hydrogen-bond donors (Lipinski definition) is 0. The summed E-state index contributed by atoms with van der Waals surface area (Å²) in [5.74, 6) is 0. The number of halogens is 12. The smallest absolute Gasteiger partial charge is 0.198 e. The van der Waals surface area contributed by atoms with Crippen LogP contribution in [0.5, 0.6) is 0 Å². The summed E-state index contributed by atoms with van der Waals surface area (Å²) in [4.78, 5) is 0. The molecule has 0 heterocycles. The first-order valence-electron chi connectivity index (χ1n) is 2.77. The van der Waals surface area contributed by atoms with Gasteiger partial charge in [0.05, 0.1) is 0 Å². The molecule has 0 N–H and O–H groups in total. The lowest BCUT2D eigenvalue weighted by molar-refractivity contribution is -0.170. The topological polar surface area (TPSA) is 0 Å². The molecule has 0 aliphatic heterocycles. The summed E-state index contributed by atoms with van der Waals surface area (Å²) >= 11 is 15.6. The zero-order valence-electron chi connectivity index (χ0n) is 6.54. The van der Waals surface area contributed by atoms with E-state index >= 15 is 0 Å². The molecule has 0 aliphatic carbocycles. The lowest BCUT2D eigenvalue weighted by atomic mass is 10.7. The van der Waals surface area contributed by atoms with Gasteiger partial charge in [0.1, 0.15) is 0 Å². The van der Waals surface area contributed by atoms with Gasteiger partial charge in [0.25, 0.3) is 0 Å². The molecule has 0 amide bonds. The molecule has 0 fully saturated rings. The second kappa shape index (κ2) is 5.49. The Morgan fingerprint density at radius 2 is 0.625 bits per heavy atom. The highest BCUT2D eigenvalue weighted by atomic mass is 35.5. The van der Waals surface area contributed by atoms with Crippen molar-refractivity contribution in [3.05, 3.63) is 0 Å². The fraction of sp³-hybridized carbons (Fsp3) is 1.00. The molecule has 0 radical (unpaired) electrons. The summed E-state index contributed by atoms with van der Waals surface area (Å²) in [6.45, 7) is 0. The molecule has 100 valence electrons. The van der Waals surface area contributed by atoms with Crippen LogP contribution in [0.15, 0.2) is 0 Å². The van der Waals surface area contributed by atoms with E-state index in [4.69, 9.17) is 0 Å². The molecule has 0 aromatic rings. The van der Waals surface area contributed by atoms with Crippen molar-refractivity contribution in [2.75, 3.05) is 0 Å². The Kier molecular flexibility index (Phi) is 6.51. The lowest BCUT2D eigenvalue weighted by Crippen LogP contribution is -2.28. The molecular weight excluding hydrogens is 342 g/mol. The SMILES string of the molecule is FC(F)(Cl)C(F)(F)Cl.FC(F)(F)C(F)(Cl)Cl. The van der Waals surface area contributed by atoms with Gasteiger partial charge in [0, 0.05) is 0 Å². The monoisotopic (exact) mass is 340 g/mol. The zero-order chi connectivity index (χ0) is 14.0. The van der Waals surface area contributed by atoms with Crippen LogP contribution in [0.4, 0.5) is 35.1 Å². The van der Waals surface area contributed by atoms with Crippen LogP contribution in [0.25, 0.3) is 0 Å². The third-order valence-electron chi connectivity index (χ3n) is 0.643. The quantitative estimate of drug-likeness (QED) is 0.448. The first-order chi connectivity index (χ1) is 6.50. The Bertz CT molecular complexity index is 158. The van der Waals surface area contributed by atoms with E-state index in [9.17, 15) is 35.1 Å². The molecule has 0 atom stereocenters. The highest BCUT2D eigenvalue weighted by Crippen LogP contribution is 2.41. The number of rotatable bonds is 1. The standard InChI is InChI=1S/2C2Cl2F4/c3-1(5,6)2(4,7)8;3-1(4,5)2(6,7)8. The maximum atomic E-state index is 11.3. The van der Waals surface area contributed by atoms with Crippen LogP contribution in [0.1, 0.15) is 0 Å². The second-order valence-electron chi connectivity index (χ2n) is 1.99. The molecule has 12 heteroatoms. The van der Waals surface area contributed by atoms with E-state index in [1.54, 1.807) is 0 Å². The van der Waals surface area contributed by atoms with Gasteiger partial charge in [-0.15, -0.1) is 0 Å². The third-order valence-corrected chi connectivity index (χ3v) is 1.64. The molecule has 0 rings (SSSR count). The predicted octanol–water partition coefficient (Wildman–Crippen LogP) is 5.30. The average Bonchev–Trinajstić information content (AvgIpc) is 1.77. The average molecular weight is 342 g/mol. The van der Waals surface area contributed by atoms with Crippen molar-refractivity contribution in [3.63, 3.8) is 0 Å². The van der Waals surface area contributed by atoms with E-state index < -0.39 is 21.5 Å². The van der Waals surface area contributed by atoms with Crippen LogP contribution in [0.2, 0.25) is 0 Å². The molecule has 0 saturated carbocycles. The molecule has 0 bridgehead atoms. The number of alkyl halides is 12. The summed E-state index contributed by atoms with van der Waals surface area (Å²) in [5.41, 5.74) is 0. The van der Waals surface area contributed by atoms with Gasteiger partial charge in [-0.3, -0.25) is 0 Å². The van der Waals surface area contributed by atoms with Crippen LogP contribution < -0.4 is 0 Å². The Labute approximate surface area is 103 Å². The maximum Gasteiger partial charge on any atom is 0.452 e. The fourth-order valence-electron chi connectivity index (χ4n) is 0. The Morgan fingerprint density at radius 3 is 0.625 bits per heavy atom. The van der Waals surface area contributed by atoms with Gasteiger partial charge in [0.2, 0.25) is 0 Å². The molecular formula is C4Cl4F8. The van der Waals surface area contributed by atoms with Crippen LogP contribution >= 0.6 is 46.4 Å². The van der Waals surface area contributed by atoms with E-state index in [-0.39, 0.29) is 0 Å². The minimum Gasteiger partial charge on any atom is -0.198 e. The van der Waals surface area contributed by atoms with Gasteiger partial charge in [-0.2, -0.15) is 35.1 Å². The molecule has 0 spiro atoms. The molecule has 0 nitrogen and oxygen atoms in total. The third kappa shape index (κ3) is 7.81. The second-order valence-corrected chi connectivity index (χ2v) is 4.18. The fourth-order valence-corrected chi connectivity index (χ4v) is 0. The summed E-state index contributed by atoms with van der Waals surface area (Å²) in [6.07, 6.45) is -5.20. The zero-order valence-corrected chi connectivity index (χ0v) is 9.56. The molecule has 0 aromatic carbocycles. The summed E-state index contributed by atoms with van der Waals surface area (Å²) < 4.78 is 84.4. The maximum absolute atomic E-state index is 11.3. The van der Waals surface area contributed by atoms with E-state index in [1.165, 1.54) is 0 Å². The highest BCUT2D eigenvalue weighted by Gasteiger charge is 2.54. The molecule has 0 saturated heterocycles. The summed E-state index contributed by atoms with van der Waals surface area (Å²) in [6, 6.07) is 0. The van der Waals surface area contributed by atoms with Gasteiger partial charge in [-0.1, -0.05) is 23.2 Å². The van der Waals surface area contributed by atoms with Crippen LogP contribution in [0, 0.1) is 0 Å². The largest absolute Gasteiger partial charge is 0.452 e. The highest BCUT2D eigenvalue weighted by molar-refractivity contribution is 6.47. The van der Waals surface area contributed by atoms with Crippen molar-refractivity contribution < 1.29 is 35.1 Å². The van der Waals surface area contributed by atoms with Crippen molar-refractivity contribution >= 4 is 46.4 Å².